The number of nitrogens with one attached hydrogen (secondary N) is 1. The number of rotatable bonds is 6. The van der Waals surface area contributed by atoms with Crippen LogP contribution in [0.5, 0.6) is 0 Å². The summed E-state index contributed by atoms with van der Waals surface area (Å²) in [6.07, 6.45) is 5.69. The predicted molar refractivity (Wildman–Crippen MR) is 78.0 cm³/mol. The van der Waals surface area contributed by atoms with Crippen LogP contribution in [-0.4, -0.2) is 16.5 Å². The Hall–Kier alpha value is -1.32. The van der Waals surface area contributed by atoms with Crippen molar-refractivity contribution in [1.82, 2.24) is 9.97 Å². The van der Waals surface area contributed by atoms with E-state index in [1.165, 1.54) is 25.7 Å². The van der Waals surface area contributed by atoms with Crippen LogP contribution in [0.1, 0.15) is 51.3 Å². The number of nitrogens with zero attached hydrogens (tertiary/aromatic N) is 2. The lowest BCUT2D eigenvalue weighted by Gasteiger charge is -2.17. The Balaban J connectivity index is 1.65. The van der Waals surface area contributed by atoms with Gasteiger partial charge < -0.3 is 11.1 Å². The molecular formula is C15H24N4. The second-order valence-electron chi connectivity index (χ2n) is 6.41. The number of aromatic nitrogens is 2. The zero-order chi connectivity index (χ0) is 13.4. The van der Waals surface area contributed by atoms with Gasteiger partial charge in [0.1, 0.15) is 17.5 Å². The molecule has 0 radical (unpaired) electrons. The fourth-order valence-electron chi connectivity index (χ4n) is 2.82. The van der Waals surface area contributed by atoms with Crippen molar-refractivity contribution in [3.05, 3.63) is 11.9 Å². The smallest absolute Gasteiger partial charge is 0.135 e. The van der Waals surface area contributed by atoms with Gasteiger partial charge in [-0.25, -0.2) is 9.97 Å². The zero-order valence-electron chi connectivity index (χ0n) is 11.9. The van der Waals surface area contributed by atoms with Gasteiger partial charge in [-0.3, -0.25) is 0 Å². The molecule has 0 bridgehead atoms. The third kappa shape index (κ3) is 3.17. The largest absolute Gasteiger partial charge is 0.384 e. The number of anilines is 2. The fourth-order valence-corrected chi connectivity index (χ4v) is 2.82. The molecule has 0 aliphatic heterocycles. The Morgan fingerprint density at radius 2 is 1.84 bits per heavy atom. The average molecular weight is 260 g/mol. The van der Waals surface area contributed by atoms with Gasteiger partial charge in [-0.15, -0.1) is 0 Å². The molecule has 1 aromatic rings. The second-order valence-corrected chi connectivity index (χ2v) is 6.41. The molecule has 104 valence electrons. The van der Waals surface area contributed by atoms with Crippen LogP contribution >= 0.6 is 0 Å². The molecule has 2 aliphatic carbocycles. The minimum absolute atomic E-state index is 0.312. The SMILES string of the molecule is CC(C)c1nc(N)cc(NCC(C2CC2)C2CC2)n1. The Morgan fingerprint density at radius 3 is 2.37 bits per heavy atom. The van der Waals surface area contributed by atoms with E-state index in [1.54, 1.807) is 0 Å². The van der Waals surface area contributed by atoms with E-state index < -0.39 is 0 Å². The molecule has 2 saturated carbocycles. The number of hydrogen-bond acceptors (Lipinski definition) is 4. The van der Waals surface area contributed by atoms with Crippen LogP contribution in [0.2, 0.25) is 0 Å². The summed E-state index contributed by atoms with van der Waals surface area (Å²) in [5.41, 5.74) is 5.86. The second kappa shape index (κ2) is 4.99. The maximum absolute atomic E-state index is 5.86. The Labute approximate surface area is 115 Å². The van der Waals surface area contributed by atoms with Gasteiger partial charge in [0.2, 0.25) is 0 Å². The van der Waals surface area contributed by atoms with Gasteiger partial charge in [-0.05, 0) is 43.4 Å². The van der Waals surface area contributed by atoms with Crippen molar-refractivity contribution >= 4 is 11.6 Å². The van der Waals surface area contributed by atoms with Crippen molar-refractivity contribution < 1.29 is 0 Å². The van der Waals surface area contributed by atoms with Crippen LogP contribution in [-0.2, 0) is 0 Å². The summed E-state index contributed by atoms with van der Waals surface area (Å²) < 4.78 is 0. The molecule has 0 spiro atoms. The molecule has 1 heterocycles. The van der Waals surface area contributed by atoms with E-state index in [0.29, 0.717) is 11.7 Å². The number of nitrogen functional groups attached to an aromatic ring is 1. The standard InChI is InChI=1S/C15H24N4/c1-9(2)15-18-13(16)7-14(19-15)17-8-12(10-3-4-10)11-5-6-11/h7,9-12H,3-6,8H2,1-2H3,(H3,16,17,18,19). The minimum atomic E-state index is 0.312. The minimum Gasteiger partial charge on any atom is -0.384 e. The highest BCUT2D eigenvalue weighted by atomic mass is 15.1. The van der Waals surface area contributed by atoms with Gasteiger partial charge in [0.15, 0.2) is 0 Å². The molecule has 0 amide bonds. The summed E-state index contributed by atoms with van der Waals surface area (Å²) in [5.74, 6) is 5.37. The molecule has 3 N–H and O–H groups in total. The molecular weight excluding hydrogens is 236 g/mol. The van der Waals surface area contributed by atoms with E-state index in [2.05, 4.69) is 29.1 Å². The summed E-state index contributed by atoms with van der Waals surface area (Å²) in [6.45, 7) is 5.23. The van der Waals surface area contributed by atoms with Gasteiger partial charge in [0.05, 0.1) is 0 Å². The van der Waals surface area contributed by atoms with Gasteiger partial charge in [-0.1, -0.05) is 13.8 Å². The quantitative estimate of drug-likeness (QED) is 0.825. The third-order valence-electron chi connectivity index (χ3n) is 4.25. The highest BCUT2D eigenvalue weighted by molar-refractivity contribution is 5.45. The fraction of sp³-hybridized carbons (Fsp3) is 0.733. The van der Waals surface area contributed by atoms with Gasteiger partial charge in [0.25, 0.3) is 0 Å². The molecule has 2 fully saturated rings. The van der Waals surface area contributed by atoms with Crippen molar-refractivity contribution in [2.24, 2.45) is 17.8 Å². The lowest BCUT2D eigenvalue weighted by Crippen LogP contribution is -2.19. The van der Waals surface area contributed by atoms with E-state index in [-0.39, 0.29) is 0 Å². The highest BCUT2D eigenvalue weighted by Crippen LogP contribution is 2.49. The number of nitrogens with two attached hydrogens (primary N) is 1. The first-order chi connectivity index (χ1) is 9.13. The van der Waals surface area contributed by atoms with Gasteiger partial charge in [0, 0.05) is 18.5 Å². The monoisotopic (exact) mass is 260 g/mol. The summed E-state index contributed by atoms with van der Waals surface area (Å²) in [4.78, 5) is 8.84. The van der Waals surface area contributed by atoms with Crippen molar-refractivity contribution in [3.8, 4) is 0 Å². The van der Waals surface area contributed by atoms with Crippen molar-refractivity contribution in [1.29, 1.82) is 0 Å². The maximum atomic E-state index is 5.86. The first-order valence-corrected chi connectivity index (χ1v) is 7.52. The molecule has 4 heteroatoms. The number of hydrogen-bond donors (Lipinski definition) is 2. The summed E-state index contributed by atoms with van der Waals surface area (Å²) >= 11 is 0. The van der Waals surface area contributed by atoms with E-state index in [0.717, 1.165) is 35.9 Å². The molecule has 3 rings (SSSR count). The van der Waals surface area contributed by atoms with Gasteiger partial charge in [-0.2, -0.15) is 0 Å². The van der Waals surface area contributed by atoms with Crippen molar-refractivity contribution in [2.45, 2.75) is 45.4 Å². The zero-order valence-corrected chi connectivity index (χ0v) is 11.9. The van der Waals surface area contributed by atoms with E-state index >= 15 is 0 Å². The first-order valence-electron chi connectivity index (χ1n) is 7.52. The lowest BCUT2D eigenvalue weighted by molar-refractivity contribution is 0.427. The van der Waals surface area contributed by atoms with Crippen LogP contribution < -0.4 is 11.1 Å². The van der Waals surface area contributed by atoms with Crippen molar-refractivity contribution in [2.75, 3.05) is 17.6 Å². The topological polar surface area (TPSA) is 63.8 Å². The summed E-state index contributed by atoms with van der Waals surface area (Å²) in [6, 6.07) is 1.85. The van der Waals surface area contributed by atoms with Crippen LogP contribution in [0, 0.1) is 17.8 Å². The highest BCUT2D eigenvalue weighted by Gasteiger charge is 2.41. The third-order valence-corrected chi connectivity index (χ3v) is 4.25. The first kappa shape index (κ1) is 12.7. The van der Waals surface area contributed by atoms with Crippen LogP contribution in [0.3, 0.4) is 0 Å². The molecule has 0 saturated heterocycles. The molecule has 0 atom stereocenters. The molecule has 1 aromatic heterocycles. The average Bonchev–Trinajstić information content (AvgIpc) is 3.23. The van der Waals surface area contributed by atoms with Crippen LogP contribution in [0.4, 0.5) is 11.6 Å². The molecule has 19 heavy (non-hydrogen) atoms. The van der Waals surface area contributed by atoms with Crippen LogP contribution in [0.25, 0.3) is 0 Å². The summed E-state index contributed by atoms with van der Waals surface area (Å²) in [7, 11) is 0. The Bertz CT molecular complexity index is 437. The normalized spacial score (nSPS) is 19.2. The van der Waals surface area contributed by atoms with Gasteiger partial charge >= 0.3 is 0 Å². The van der Waals surface area contributed by atoms with E-state index in [1.807, 2.05) is 6.07 Å². The molecule has 0 aromatic carbocycles. The van der Waals surface area contributed by atoms with Crippen molar-refractivity contribution in [3.63, 3.8) is 0 Å². The molecule has 2 aliphatic rings. The molecule has 0 unspecified atom stereocenters. The Morgan fingerprint density at radius 1 is 1.21 bits per heavy atom. The Kier molecular flexibility index (Phi) is 3.33. The van der Waals surface area contributed by atoms with E-state index in [4.69, 9.17) is 5.73 Å². The lowest BCUT2D eigenvalue weighted by atomic mass is 9.98. The molecule has 4 nitrogen and oxygen atoms in total. The van der Waals surface area contributed by atoms with Crippen LogP contribution in [0.15, 0.2) is 6.07 Å². The maximum Gasteiger partial charge on any atom is 0.135 e. The summed E-state index contributed by atoms with van der Waals surface area (Å²) in [5, 5.41) is 3.49. The predicted octanol–water partition coefficient (Wildman–Crippen LogP) is 3.03. The van der Waals surface area contributed by atoms with E-state index in [9.17, 15) is 0 Å².